The number of hydrogen-bond acceptors (Lipinski definition) is 9. The largest absolute Gasteiger partial charge is 0.455 e. The van der Waals surface area contributed by atoms with Gasteiger partial charge in [-0.2, -0.15) is 0 Å². The Balaban J connectivity index is 1.33. The molecule has 4 heterocycles. The summed E-state index contributed by atoms with van der Waals surface area (Å²) < 4.78 is 18.5. The summed E-state index contributed by atoms with van der Waals surface area (Å²) in [5, 5.41) is 13.8. The Hall–Kier alpha value is -4.36. The first-order valence-corrected chi connectivity index (χ1v) is 18.7. The average molecular weight is 729 g/mol. The van der Waals surface area contributed by atoms with E-state index in [1.165, 1.54) is 4.90 Å². The number of aliphatic hydroxyl groups excluding tert-OH is 1. The van der Waals surface area contributed by atoms with E-state index in [-0.39, 0.29) is 24.8 Å². The second-order valence-corrected chi connectivity index (χ2v) is 14.4. The van der Waals surface area contributed by atoms with Gasteiger partial charge in [0.1, 0.15) is 17.7 Å². The van der Waals surface area contributed by atoms with Crippen molar-refractivity contribution >= 4 is 23.7 Å². The van der Waals surface area contributed by atoms with E-state index in [0.29, 0.717) is 56.7 Å². The van der Waals surface area contributed by atoms with Crippen LogP contribution in [0.15, 0.2) is 86.0 Å². The van der Waals surface area contributed by atoms with Crippen molar-refractivity contribution in [2.24, 2.45) is 11.8 Å². The van der Waals surface area contributed by atoms with Crippen LogP contribution in [-0.4, -0.2) is 120 Å². The summed E-state index contributed by atoms with van der Waals surface area (Å²) in [5.41, 5.74) is 0.0452. The highest BCUT2D eigenvalue weighted by Gasteiger charge is 2.76. The molecule has 2 aromatic rings. The van der Waals surface area contributed by atoms with Crippen LogP contribution in [-0.2, 0) is 33.4 Å². The molecule has 12 nitrogen and oxygen atoms in total. The maximum absolute atomic E-state index is 15.0. The average Bonchev–Trinajstić information content (AvgIpc) is 3.83. The molecule has 0 saturated carbocycles. The number of benzene rings is 2. The van der Waals surface area contributed by atoms with Crippen LogP contribution in [0.4, 0.5) is 0 Å². The van der Waals surface area contributed by atoms with Crippen molar-refractivity contribution in [3.05, 3.63) is 97.1 Å². The molecule has 6 rings (SSSR count). The number of morpholine rings is 1. The first kappa shape index (κ1) is 38.4. The molecule has 12 heteroatoms. The van der Waals surface area contributed by atoms with Crippen molar-refractivity contribution in [2.75, 3.05) is 52.5 Å². The zero-order valence-electron chi connectivity index (χ0n) is 30.5. The van der Waals surface area contributed by atoms with Gasteiger partial charge >= 0.3 is 5.97 Å². The van der Waals surface area contributed by atoms with E-state index in [2.05, 4.69) is 23.4 Å². The van der Waals surface area contributed by atoms with E-state index in [1.54, 1.807) is 24.0 Å². The molecular formula is C41H52N4O8. The minimum Gasteiger partial charge on any atom is -0.455 e. The van der Waals surface area contributed by atoms with Gasteiger partial charge in [-0.25, -0.2) is 0 Å². The lowest BCUT2D eigenvalue weighted by atomic mass is 9.70. The molecule has 284 valence electrons. The molecule has 4 aliphatic heterocycles. The second kappa shape index (κ2) is 17.2. The Morgan fingerprint density at radius 3 is 2.38 bits per heavy atom. The molecule has 2 N–H and O–H groups in total. The third-order valence-electron chi connectivity index (χ3n) is 11.2. The normalized spacial score (nSPS) is 26.7. The molecule has 0 radical (unpaired) electrons. The van der Waals surface area contributed by atoms with Crippen molar-refractivity contribution < 1.29 is 38.5 Å². The predicted molar refractivity (Wildman–Crippen MR) is 197 cm³/mol. The van der Waals surface area contributed by atoms with Gasteiger partial charge in [-0.3, -0.25) is 24.1 Å². The van der Waals surface area contributed by atoms with Crippen LogP contribution in [0.3, 0.4) is 0 Å². The first-order valence-electron chi connectivity index (χ1n) is 18.7. The molecule has 0 aromatic heterocycles. The Kier molecular flexibility index (Phi) is 12.4. The summed E-state index contributed by atoms with van der Waals surface area (Å²) in [4.78, 5) is 62.6. The predicted octanol–water partition coefficient (Wildman–Crippen LogP) is 3.20. The Morgan fingerprint density at radius 2 is 1.74 bits per heavy atom. The van der Waals surface area contributed by atoms with Crippen LogP contribution in [0, 0.1) is 11.8 Å². The van der Waals surface area contributed by atoms with Gasteiger partial charge in [0, 0.05) is 39.1 Å². The van der Waals surface area contributed by atoms with E-state index in [1.807, 2.05) is 60.7 Å². The molecule has 1 spiro atoms. The summed E-state index contributed by atoms with van der Waals surface area (Å²) in [7, 11) is 0. The number of nitrogens with zero attached hydrogens (tertiary/aromatic N) is 3. The molecule has 0 unspecified atom stereocenters. The number of rotatable bonds is 17. The van der Waals surface area contributed by atoms with Crippen LogP contribution < -0.4 is 5.32 Å². The van der Waals surface area contributed by atoms with E-state index >= 15 is 0 Å². The molecule has 53 heavy (non-hydrogen) atoms. The van der Waals surface area contributed by atoms with Gasteiger partial charge in [-0.1, -0.05) is 72.8 Å². The van der Waals surface area contributed by atoms with Crippen molar-refractivity contribution in [1.82, 2.24) is 20.0 Å². The number of carbonyl (C=O) groups excluding carboxylic acids is 4. The SMILES string of the molecule is C=CCCC(=O)N[C@@H](C)[C@H](OC(=O)[C@@H]1[C@H]2C(=O)N([C@H](CO)c3ccccc3)[C@H](C(=O)N(CC=C)CCN3CCOCC3)[C@]23CC[C@H]1O3)c1ccccc1. The fourth-order valence-corrected chi connectivity index (χ4v) is 8.65. The van der Waals surface area contributed by atoms with Crippen molar-refractivity contribution in [3.63, 3.8) is 0 Å². The molecular weight excluding hydrogens is 676 g/mol. The summed E-state index contributed by atoms with van der Waals surface area (Å²) >= 11 is 0. The van der Waals surface area contributed by atoms with Crippen LogP contribution in [0.25, 0.3) is 0 Å². The minimum atomic E-state index is -1.31. The van der Waals surface area contributed by atoms with Gasteiger partial charge in [-0.05, 0) is 37.3 Å². The second-order valence-electron chi connectivity index (χ2n) is 14.4. The quantitative estimate of drug-likeness (QED) is 0.186. The number of nitrogens with one attached hydrogen (secondary N) is 1. The smallest absolute Gasteiger partial charge is 0.313 e. The lowest BCUT2D eigenvalue weighted by Gasteiger charge is -2.40. The minimum absolute atomic E-state index is 0.201. The highest BCUT2D eigenvalue weighted by molar-refractivity contribution is 5.98. The monoisotopic (exact) mass is 728 g/mol. The molecule has 2 bridgehead atoms. The van der Waals surface area contributed by atoms with Gasteiger partial charge in [0.2, 0.25) is 17.7 Å². The Labute approximate surface area is 311 Å². The van der Waals surface area contributed by atoms with Gasteiger partial charge in [0.25, 0.3) is 0 Å². The standard InChI is InChI=1S/C41H52N4O8/c1-4-6-17-33(47)42-28(3)36(30-15-11-8-12-16-30)52-40(50)34-32-18-19-41(53-32)35(34)38(48)45(31(27-46)29-13-9-7-10-14-29)37(41)39(49)44(20-5-2)22-21-43-23-25-51-26-24-43/h4-5,7-16,28,31-32,34-37,46H,1-2,6,17-27H2,3H3,(H,42,47)/t28-,31+,32+,34-,35-,36-,37+,41-/m0/s1. The number of hydrogen-bond donors (Lipinski definition) is 2. The van der Waals surface area contributed by atoms with Crippen LogP contribution in [0.1, 0.15) is 55.9 Å². The molecule has 4 aliphatic rings. The van der Waals surface area contributed by atoms with Crippen LogP contribution in [0.2, 0.25) is 0 Å². The Morgan fingerprint density at radius 1 is 1.06 bits per heavy atom. The van der Waals surface area contributed by atoms with E-state index < -0.39 is 66.3 Å². The summed E-state index contributed by atoms with van der Waals surface area (Å²) in [6, 6.07) is 15.8. The Bertz CT molecular complexity index is 1620. The zero-order valence-corrected chi connectivity index (χ0v) is 30.5. The van der Waals surface area contributed by atoms with Crippen LogP contribution >= 0.6 is 0 Å². The fourth-order valence-electron chi connectivity index (χ4n) is 8.65. The van der Waals surface area contributed by atoms with Crippen molar-refractivity contribution in [3.8, 4) is 0 Å². The molecule has 3 amide bonds. The molecule has 4 fully saturated rings. The van der Waals surface area contributed by atoms with Crippen molar-refractivity contribution in [1.29, 1.82) is 0 Å². The molecule has 4 saturated heterocycles. The summed E-state index contributed by atoms with van der Waals surface area (Å²) in [6.07, 6.45) is 3.44. The number of aliphatic hydroxyl groups is 1. The highest BCUT2D eigenvalue weighted by atomic mass is 16.6. The van der Waals surface area contributed by atoms with E-state index in [0.717, 1.165) is 13.1 Å². The fraction of sp³-hybridized carbons (Fsp3) is 0.512. The maximum atomic E-state index is 15.0. The molecule has 2 aromatic carbocycles. The van der Waals surface area contributed by atoms with Crippen molar-refractivity contribution in [2.45, 2.75) is 68.5 Å². The number of carbonyl (C=O) groups is 4. The van der Waals surface area contributed by atoms with E-state index in [4.69, 9.17) is 14.2 Å². The summed E-state index contributed by atoms with van der Waals surface area (Å²) in [5.74, 6) is -3.57. The van der Waals surface area contributed by atoms with Gasteiger partial charge in [0.15, 0.2) is 0 Å². The zero-order chi connectivity index (χ0) is 37.5. The van der Waals surface area contributed by atoms with Gasteiger partial charge < -0.3 is 34.4 Å². The lowest BCUT2D eigenvalue weighted by Crippen LogP contribution is -2.58. The summed E-state index contributed by atoms with van der Waals surface area (Å²) in [6.45, 7) is 13.0. The highest BCUT2D eigenvalue weighted by Crippen LogP contribution is 2.60. The lowest BCUT2D eigenvalue weighted by molar-refractivity contribution is -0.162. The topological polar surface area (TPSA) is 138 Å². The molecule has 0 aliphatic carbocycles. The third kappa shape index (κ3) is 7.82. The van der Waals surface area contributed by atoms with Gasteiger partial charge in [0.05, 0.1) is 49.8 Å². The molecule has 8 atom stereocenters. The number of fused-ring (bicyclic) bond motifs is 1. The maximum Gasteiger partial charge on any atom is 0.313 e. The van der Waals surface area contributed by atoms with E-state index in [9.17, 15) is 24.3 Å². The number of likely N-dealkylation sites (tertiary alicyclic amines) is 1. The number of allylic oxidation sites excluding steroid dienone is 1. The number of ether oxygens (including phenoxy) is 3. The number of amides is 3. The van der Waals surface area contributed by atoms with Crippen LogP contribution in [0.5, 0.6) is 0 Å². The number of esters is 1. The third-order valence-corrected chi connectivity index (χ3v) is 11.2. The first-order chi connectivity index (χ1) is 25.7. The van der Waals surface area contributed by atoms with Gasteiger partial charge in [-0.15, -0.1) is 13.2 Å².